The minimum Gasteiger partial charge on any atom is -0.395 e. The standard InChI is InChI=1S/C19H28FN3O4S/c1-3-23(28(25,26)14(2)13-24)11-10-22-8-6-15(7-9-22)19-17-5-4-16(20)12-18(17)27-21-19/h4-5,12,14-15,24H,3,6-11,13H2,1-2H3. The zero-order valence-corrected chi connectivity index (χ0v) is 17.2. The summed E-state index contributed by atoms with van der Waals surface area (Å²) >= 11 is 0. The average Bonchev–Trinajstić information content (AvgIpc) is 3.11. The normalized spacial score (nSPS) is 18.2. The van der Waals surface area contributed by atoms with Crippen LogP contribution < -0.4 is 0 Å². The van der Waals surface area contributed by atoms with Gasteiger partial charge in [0.15, 0.2) is 5.58 Å². The van der Waals surface area contributed by atoms with Crippen LogP contribution in [0.4, 0.5) is 4.39 Å². The first-order valence-electron chi connectivity index (χ1n) is 9.73. The van der Waals surface area contributed by atoms with E-state index in [-0.39, 0.29) is 18.3 Å². The van der Waals surface area contributed by atoms with Crippen molar-refractivity contribution in [3.05, 3.63) is 29.7 Å². The molecule has 0 bridgehead atoms. The number of sulfonamides is 1. The zero-order chi connectivity index (χ0) is 20.3. The Morgan fingerprint density at radius 3 is 2.75 bits per heavy atom. The molecular weight excluding hydrogens is 385 g/mol. The first kappa shape index (κ1) is 21.2. The predicted molar refractivity (Wildman–Crippen MR) is 105 cm³/mol. The molecule has 1 aromatic heterocycles. The van der Waals surface area contributed by atoms with Gasteiger partial charge in [-0.2, -0.15) is 0 Å². The molecule has 1 atom stereocenters. The van der Waals surface area contributed by atoms with Crippen LogP contribution in [0.3, 0.4) is 0 Å². The summed E-state index contributed by atoms with van der Waals surface area (Å²) in [7, 11) is -3.47. The van der Waals surface area contributed by atoms with Crippen molar-refractivity contribution in [1.29, 1.82) is 0 Å². The van der Waals surface area contributed by atoms with Gasteiger partial charge in [-0.25, -0.2) is 17.1 Å². The Kier molecular flexibility index (Phi) is 6.69. The van der Waals surface area contributed by atoms with Crippen molar-refractivity contribution in [2.24, 2.45) is 0 Å². The Hall–Kier alpha value is -1.55. The van der Waals surface area contributed by atoms with Crippen molar-refractivity contribution in [2.75, 3.05) is 39.3 Å². The van der Waals surface area contributed by atoms with Crippen LogP contribution >= 0.6 is 0 Å². The van der Waals surface area contributed by atoms with E-state index in [1.165, 1.54) is 23.4 Å². The molecule has 1 saturated heterocycles. The Morgan fingerprint density at radius 1 is 1.39 bits per heavy atom. The van der Waals surface area contributed by atoms with Crippen LogP contribution in [0.1, 0.15) is 38.3 Å². The Labute approximate surface area is 165 Å². The lowest BCUT2D eigenvalue weighted by molar-refractivity contribution is 0.196. The second-order valence-corrected chi connectivity index (χ2v) is 9.71. The molecule has 2 aromatic rings. The van der Waals surface area contributed by atoms with E-state index in [0.717, 1.165) is 37.0 Å². The number of likely N-dealkylation sites (N-methyl/N-ethyl adjacent to an activating group) is 1. The highest BCUT2D eigenvalue weighted by atomic mass is 32.2. The molecule has 1 aliphatic heterocycles. The maximum atomic E-state index is 13.3. The summed E-state index contributed by atoms with van der Waals surface area (Å²) < 4.78 is 44.9. The van der Waals surface area contributed by atoms with E-state index in [9.17, 15) is 17.9 Å². The maximum Gasteiger partial charge on any atom is 0.219 e. The van der Waals surface area contributed by atoms with Crippen molar-refractivity contribution in [3.8, 4) is 0 Å². The molecule has 28 heavy (non-hydrogen) atoms. The number of nitrogens with zero attached hydrogens (tertiary/aromatic N) is 3. The van der Waals surface area contributed by atoms with Gasteiger partial charge in [-0.05, 0) is 45.0 Å². The fourth-order valence-electron chi connectivity index (χ4n) is 3.72. The average molecular weight is 414 g/mol. The lowest BCUT2D eigenvalue weighted by Crippen LogP contribution is -2.44. The largest absolute Gasteiger partial charge is 0.395 e. The molecule has 1 fully saturated rings. The van der Waals surface area contributed by atoms with E-state index >= 15 is 0 Å². The molecule has 9 heteroatoms. The smallest absolute Gasteiger partial charge is 0.219 e. The first-order chi connectivity index (χ1) is 13.4. The van der Waals surface area contributed by atoms with Crippen LogP contribution in [-0.2, 0) is 10.0 Å². The van der Waals surface area contributed by atoms with E-state index in [1.807, 2.05) is 6.92 Å². The van der Waals surface area contributed by atoms with Crippen molar-refractivity contribution in [3.63, 3.8) is 0 Å². The molecular formula is C19H28FN3O4S. The van der Waals surface area contributed by atoms with Crippen molar-refractivity contribution in [2.45, 2.75) is 37.9 Å². The molecule has 0 radical (unpaired) electrons. The Bertz CT molecular complexity index is 894. The summed E-state index contributed by atoms with van der Waals surface area (Å²) in [5, 5.41) is 13.4. The summed E-state index contributed by atoms with van der Waals surface area (Å²) in [4.78, 5) is 2.25. The third-order valence-electron chi connectivity index (χ3n) is 5.58. The molecule has 1 N–H and O–H groups in total. The van der Waals surface area contributed by atoms with Crippen LogP contribution in [0.25, 0.3) is 11.0 Å². The van der Waals surface area contributed by atoms with Crippen LogP contribution in [0.15, 0.2) is 22.7 Å². The number of hydrogen-bond donors (Lipinski definition) is 1. The van der Waals surface area contributed by atoms with E-state index in [0.29, 0.717) is 25.2 Å². The lowest BCUT2D eigenvalue weighted by Gasteiger charge is -2.33. The number of likely N-dealkylation sites (tertiary alicyclic amines) is 1. The SMILES string of the molecule is CCN(CCN1CCC(c2noc3cc(F)ccc23)CC1)S(=O)(=O)C(C)CO. The second kappa shape index (κ2) is 8.86. The fourth-order valence-corrected chi connectivity index (χ4v) is 5.12. The summed E-state index contributed by atoms with van der Waals surface area (Å²) in [5.41, 5.74) is 1.35. The summed E-state index contributed by atoms with van der Waals surface area (Å²) in [5.74, 6) is -0.0839. The van der Waals surface area contributed by atoms with Gasteiger partial charge >= 0.3 is 0 Å². The summed E-state index contributed by atoms with van der Waals surface area (Å²) in [6.45, 7) is 6.11. The van der Waals surface area contributed by atoms with Crippen LogP contribution in [0.2, 0.25) is 0 Å². The molecule has 3 rings (SSSR count). The van der Waals surface area contributed by atoms with Gasteiger partial charge in [0.1, 0.15) is 5.82 Å². The highest BCUT2D eigenvalue weighted by molar-refractivity contribution is 7.89. The number of aliphatic hydroxyl groups is 1. The van der Waals surface area contributed by atoms with E-state index in [4.69, 9.17) is 4.52 Å². The number of piperidine rings is 1. The van der Waals surface area contributed by atoms with Gasteiger partial charge in [0.05, 0.1) is 17.6 Å². The number of halogens is 1. The molecule has 0 amide bonds. The molecule has 1 aromatic carbocycles. The molecule has 156 valence electrons. The lowest BCUT2D eigenvalue weighted by atomic mass is 9.91. The number of rotatable bonds is 8. The molecule has 1 aliphatic rings. The monoisotopic (exact) mass is 413 g/mol. The maximum absolute atomic E-state index is 13.3. The highest BCUT2D eigenvalue weighted by Gasteiger charge is 2.29. The zero-order valence-electron chi connectivity index (χ0n) is 16.3. The number of aliphatic hydroxyl groups excluding tert-OH is 1. The molecule has 0 aliphatic carbocycles. The third kappa shape index (κ3) is 4.37. The topological polar surface area (TPSA) is 86.9 Å². The molecule has 1 unspecified atom stereocenters. The van der Waals surface area contributed by atoms with Gasteiger partial charge in [-0.1, -0.05) is 12.1 Å². The number of aromatic nitrogens is 1. The fraction of sp³-hybridized carbons (Fsp3) is 0.632. The number of fused-ring (bicyclic) bond motifs is 1. The Morgan fingerprint density at radius 2 is 2.11 bits per heavy atom. The van der Waals surface area contributed by atoms with Crippen molar-refractivity contribution < 1.29 is 22.4 Å². The van der Waals surface area contributed by atoms with Gasteiger partial charge in [0.2, 0.25) is 10.0 Å². The van der Waals surface area contributed by atoms with Gasteiger partial charge in [0, 0.05) is 37.0 Å². The highest BCUT2D eigenvalue weighted by Crippen LogP contribution is 2.32. The number of hydrogen-bond acceptors (Lipinski definition) is 6. The molecule has 0 saturated carbocycles. The summed E-state index contributed by atoms with van der Waals surface area (Å²) in [6.07, 6.45) is 1.79. The van der Waals surface area contributed by atoms with Gasteiger partial charge < -0.3 is 14.5 Å². The van der Waals surface area contributed by atoms with Crippen LogP contribution in [-0.4, -0.2) is 72.5 Å². The third-order valence-corrected chi connectivity index (χ3v) is 7.91. The van der Waals surface area contributed by atoms with Crippen molar-refractivity contribution >= 4 is 21.0 Å². The van der Waals surface area contributed by atoms with E-state index < -0.39 is 15.3 Å². The van der Waals surface area contributed by atoms with E-state index in [2.05, 4.69) is 10.1 Å². The van der Waals surface area contributed by atoms with Gasteiger partial charge in [-0.3, -0.25) is 0 Å². The quantitative estimate of drug-likeness (QED) is 0.714. The van der Waals surface area contributed by atoms with Crippen LogP contribution in [0.5, 0.6) is 0 Å². The summed E-state index contributed by atoms with van der Waals surface area (Å²) in [6, 6.07) is 4.49. The molecule has 2 heterocycles. The Balaban J connectivity index is 1.56. The predicted octanol–water partition coefficient (Wildman–Crippen LogP) is 2.18. The van der Waals surface area contributed by atoms with E-state index in [1.54, 1.807) is 6.07 Å². The van der Waals surface area contributed by atoms with Crippen LogP contribution in [0, 0.1) is 5.82 Å². The van der Waals surface area contributed by atoms with Crippen molar-refractivity contribution in [1.82, 2.24) is 14.4 Å². The molecule has 0 spiro atoms. The van der Waals surface area contributed by atoms with Gasteiger partial charge in [0.25, 0.3) is 0 Å². The second-order valence-electron chi connectivity index (χ2n) is 7.35. The first-order valence-corrected chi connectivity index (χ1v) is 11.2. The van der Waals surface area contributed by atoms with Gasteiger partial charge in [-0.15, -0.1) is 0 Å². The minimum atomic E-state index is -3.47. The molecule has 7 nitrogen and oxygen atoms in total. The minimum absolute atomic E-state index is 0.253. The number of benzene rings is 1.